The minimum Gasteiger partial charge on any atom is -0.492 e. The van der Waals surface area contributed by atoms with Crippen LogP contribution in [0, 0.1) is 6.92 Å². The van der Waals surface area contributed by atoms with E-state index in [0.717, 1.165) is 15.9 Å². The average Bonchev–Trinajstić information content (AvgIpc) is 2.48. The van der Waals surface area contributed by atoms with Gasteiger partial charge >= 0.3 is 0 Å². The van der Waals surface area contributed by atoms with Crippen molar-refractivity contribution in [2.75, 3.05) is 18.5 Å². The molecule has 0 aliphatic carbocycles. The molecule has 0 atom stereocenters. The molecule has 2 aromatic rings. The Morgan fingerprint density at radius 3 is 2.43 bits per heavy atom. The van der Waals surface area contributed by atoms with Gasteiger partial charge in [-0.1, -0.05) is 33.6 Å². The quantitative estimate of drug-likeness (QED) is 0.617. The summed E-state index contributed by atoms with van der Waals surface area (Å²) in [5, 5.41) is 6.82. The van der Waals surface area contributed by atoms with E-state index in [2.05, 4.69) is 33.5 Å². The summed E-state index contributed by atoms with van der Waals surface area (Å²) in [5.74, 6) is 0.870. The molecule has 0 radical (unpaired) electrons. The van der Waals surface area contributed by atoms with Crippen LogP contribution in [0.5, 0.6) is 5.75 Å². The first-order valence-corrected chi connectivity index (χ1v) is 7.83. The summed E-state index contributed by atoms with van der Waals surface area (Å²) in [4.78, 5) is 0. The minimum atomic E-state index is 0.561. The Bertz CT molecular complexity index is 584. The van der Waals surface area contributed by atoms with Gasteiger partial charge in [-0.3, -0.25) is 0 Å². The van der Waals surface area contributed by atoms with Crippen LogP contribution >= 0.6 is 28.1 Å². The molecule has 0 aliphatic heterocycles. The zero-order valence-corrected chi connectivity index (χ0v) is 14.1. The first-order chi connectivity index (χ1) is 10.1. The lowest BCUT2D eigenvalue weighted by molar-refractivity contribution is 0.322. The highest BCUT2D eigenvalue weighted by atomic mass is 79.9. The van der Waals surface area contributed by atoms with Crippen molar-refractivity contribution in [2.45, 2.75) is 6.92 Å². The van der Waals surface area contributed by atoms with Crippen LogP contribution in [-0.2, 0) is 0 Å². The molecule has 2 rings (SSSR count). The molecule has 0 fully saturated rings. The van der Waals surface area contributed by atoms with E-state index in [1.807, 2.05) is 48.5 Å². The number of aryl methyl sites for hydroxylation is 1. The van der Waals surface area contributed by atoms with Gasteiger partial charge in [0, 0.05) is 10.2 Å². The van der Waals surface area contributed by atoms with Crippen molar-refractivity contribution < 1.29 is 4.74 Å². The lowest BCUT2D eigenvalue weighted by Crippen LogP contribution is -2.31. The van der Waals surface area contributed by atoms with E-state index in [1.165, 1.54) is 5.56 Å². The van der Waals surface area contributed by atoms with Gasteiger partial charge in [0.1, 0.15) is 12.4 Å². The molecular weight excluding hydrogens is 348 g/mol. The first-order valence-electron chi connectivity index (χ1n) is 6.63. The van der Waals surface area contributed by atoms with Crippen LogP contribution in [0.2, 0.25) is 0 Å². The zero-order chi connectivity index (χ0) is 15.1. The van der Waals surface area contributed by atoms with E-state index < -0.39 is 0 Å². The van der Waals surface area contributed by atoms with Crippen molar-refractivity contribution >= 4 is 38.9 Å². The van der Waals surface area contributed by atoms with Gasteiger partial charge in [0.25, 0.3) is 0 Å². The largest absolute Gasteiger partial charge is 0.492 e. The molecule has 0 saturated heterocycles. The molecule has 0 unspecified atom stereocenters. The van der Waals surface area contributed by atoms with Gasteiger partial charge in [0.15, 0.2) is 5.11 Å². The molecule has 0 saturated carbocycles. The van der Waals surface area contributed by atoms with E-state index in [4.69, 9.17) is 17.0 Å². The van der Waals surface area contributed by atoms with E-state index in [9.17, 15) is 0 Å². The van der Waals surface area contributed by atoms with Gasteiger partial charge < -0.3 is 15.4 Å². The van der Waals surface area contributed by atoms with Crippen molar-refractivity contribution in [2.24, 2.45) is 0 Å². The van der Waals surface area contributed by atoms with Crippen LogP contribution < -0.4 is 15.4 Å². The predicted octanol–water partition coefficient (Wildman–Crippen LogP) is 4.12. The number of thiocarbonyl (C=S) groups is 1. The van der Waals surface area contributed by atoms with Crippen molar-refractivity contribution in [3.63, 3.8) is 0 Å². The van der Waals surface area contributed by atoms with Crippen LogP contribution in [0.1, 0.15) is 5.56 Å². The molecule has 0 amide bonds. The van der Waals surface area contributed by atoms with Crippen molar-refractivity contribution in [1.82, 2.24) is 5.32 Å². The number of hydrogen-bond acceptors (Lipinski definition) is 2. The Balaban J connectivity index is 1.67. The molecule has 2 aromatic carbocycles. The fourth-order valence-corrected chi connectivity index (χ4v) is 2.16. The number of anilines is 1. The lowest BCUT2D eigenvalue weighted by atomic mass is 10.2. The molecule has 2 N–H and O–H groups in total. The van der Waals surface area contributed by atoms with E-state index >= 15 is 0 Å². The van der Waals surface area contributed by atoms with Crippen molar-refractivity contribution in [3.05, 3.63) is 58.6 Å². The Labute approximate surface area is 138 Å². The van der Waals surface area contributed by atoms with Crippen LogP contribution in [0.4, 0.5) is 5.69 Å². The number of nitrogens with one attached hydrogen (secondary N) is 2. The summed E-state index contributed by atoms with van der Waals surface area (Å²) in [6, 6.07) is 15.8. The third-order valence-corrected chi connectivity index (χ3v) is 3.55. The van der Waals surface area contributed by atoms with Gasteiger partial charge in [0.05, 0.1) is 6.54 Å². The normalized spacial score (nSPS) is 10.0. The Morgan fingerprint density at radius 2 is 1.76 bits per heavy atom. The fraction of sp³-hybridized carbons (Fsp3) is 0.188. The summed E-state index contributed by atoms with van der Waals surface area (Å²) < 4.78 is 6.66. The van der Waals surface area contributed by atoms with Crippen molar-refractivity contribution in [3.8, 4) is 5.75 Å². The monoisotopic (exact) mass is 364 g/mol. The first kappa shape index (κ1) is 15.8. The van der Waals surface area contributed by atoms with Crippen molar-refractivity contribution in [1.29, 1.82) is 0 Å². The molecular formula is C16H17BrN2OS. The number of rotatable bonds is 5. The minimum absolute atomic E-state index is 0.561. The highest BCUT2D eigenvalue weighted by molar-refractivity contribution is 9.10. The maximum absolute atomic E-state index is 5.62. The number of ether oxygens (including phenoxy) is 1. The van der Waals surface area contributed by atoms with E-state index in [-0.39, 0.29) is 0 Å². The smallest absolute Gasteiger partial charge is 0.170 e. The zero-order valence-electron chi connectivity index (χ0n) is 11.7. The predicted molar refractivity (Wildman–Crippen MR) is 95.0 cm³/mol. The highest BCUT2D eigenvalue weighted by Gasteiger charge is 1.98. The molecule has 0 spiro atoms. The maximum atomic E-state index is 5.62. The summed E-state index contributed by atoms with van der Waals surface area (Å²) >= 11 is 8.62. The third kappa shape index (κ3) is 5.73. The Kier molecular flexibility index (Phi) is 6.02. The second-order valence-corrected chi connectivity index (χ2v) is 5.87. The van der Waals surface area contributed by atoms with Crippen LogP contribution in [0.3, 0.4) is 0 Å². The SMILES string of the molecule is Cc1ccc(OCCNC(=S)Nc2ccc(Br)cc2)cc1. The third-order valence-electron chi connectivity index (χ3n) is 2.78. The molecule has 0 aliphatic rings. The van der Waals surface area contributed by atoms with E-state index in [0.29, 0.717) is 18.3 Å². The molecule has 3 nitrogen and oxygen atoms in total. The topological polar surface area (TPSA) is 33.3 Å². The summed E-state index contributed by atoms with van der Waals surface area (Å²) in [7, 11) is 0. The Hall–Kier alpha value is -1.59. The standard InChI is InChI=1S/C16H17BrN2OS/c1-12-2-8-15(9-3-12)20-11-10-18-16(21)19-14-6-4-13(17)5-7-14/h2-9H,10-11H2,1H3,(H2,18,19,21). The summed E-state index contributed by atoms with van der Waals surface area (Å²) in [6.45, 7) is 3.26. The van der Waals surface area contributed by atoms with Gasteiger partial charge in [-0.15, -0.1) is 0 Å². The molecule has 0 aromatic heterocycles. The highest BCUT2D eigenvalue weighted by Crippen LogP contribution is 2.14. The lowest BCUT2D eigenvalue weighted by Gasteiger charge is -2.11. The fourth-order valence-electron chi connectivity index (χ4n) is 1.68. The summed E-state index contributed by atoms with van der Waals surface area (Å²) in [6.07, 6.45) is 0. The second-order valence-electron chi connectivity index (χ2n) is 4.55. The number of hydrogen-bond donors (Lipinski definition) is 2. The maximum Gasteiger partial charge on any atom is 0.170 e. The van der Waals surface area contributed by atoms with Crippen LogP contribution in [-0.4, -0.2) is 18.3 Å². The van der Waals surface area contributed by atoms with Gasteiger partial charge in [-0.05, 0) is 55.5 Å². The number of benzene rings is 2. The van der Waals surface area contributed by atoms with Crippen LogP contribution in [0.15, 0.2) is 53.0 Å². The van der Waals surface area contributed by atoms with Crippen LogP contribution in [0.25, 0.3) is 0 Å². The van der Waals surface area contributed by atoms with Gasteiger partial charge in [-0.2, -0.15) is 0 Å². The van der Waals surface area contributed by atoms with Gasteiger partial charge in [0.2, 0.25) is 0 Å². The molecule has 0 heterocycles. The second kappa shape index (κ2) is 8.00. The molecule has 110 valence electrons. The van der Waals surface area contributed by atoms with E-state index in [1.54, 1.807) is 0 Å². The average molecular weight is 365 g/mol. The molecule has 5 heteroatoms. The van der Waals surface area contributed by atoms with Gasteiger partial charge in [-0.25, -0.2) is 0 Å². The Morgan fingerprint density at radius 1 is 1.10 bits per heavy atom. The molecule has 21 heavy (non-hydrogen) atoms. The number of halogens is 1. The summed E-state index contributed by atoms with van der Waals surface area (Å²) in [5.41, 5.74) is 2.18. The molecule has 0 bridgehead atoms.